The number of hydrogen-bond acceptors (Lipinski definition) is 6. The van der Waals surface area contributed by atoms with E-state index in [9.17, 15) is 13.2 Å². The number of hydrogen-bond donors (Lipinski definition) is 1. The summed E-state index contributed by atoms with van der Waals surface area (Å²) in [6.07, 6.45) is 3.59. The van der Waals surface area contributed by atoms with Crippen LogP contribution in [-0.2, 0) is 19.4 Å². The molecular weight excluding hydrogens is 408 g/mol. The molecule has 0 atom stereocenters. The molecule has 0 radical (unpaired) electrons. The van der Waals surface area contributed by atoms with Crippen molar-refractivity contribution in [2.45, 2.75) is 42.2 Å². The van der Waals surface area contributed by atoms with E-state index >= 15 is 0 Å². The van der Waals surface area contributed by atoms with E-state index in [4.69, 9.17) is 16.3 Å². The Bertz CT molecular complexity index is 917. The topological polar surface area (TPSA) is 85.4 Å². The number of carbonyl (C=O) groups excluding carboxylic acids is 1. The summed E-state index contributed by atoms with van der Waals surface area (Å²) in [6, 6.07) is 5.78. The summed E-state index contributed by atoms with van der Waals surface area (Å²) in [5.41, 5.74) is 0. The Kier molecular flexibility index (Phi) is 5.90. The van der Waals surface area contributed by atoms with Gasteiger partial charge in [-0.15, -0.1) is 11.3 Å². The zero-order chi connectivity index (χ0) is 19.7. The van der Waals surface area contributed by atoms with Crippen LogP contribution in [0.25, 0.3) is 0 Å². The van der Waals surface area contributed by atoms with Crippen LogP contribution in [0.3, 0.4) is 0 Å². The molecule has 1 N–H and O–H groups in total. The molecule has 1 fully saturated rings. The summed E-state index contributed by atoms with van der Waals surface area (Å²) in [6.45, 7) is 4.21. The third-order valence-electron chi connectivity index (χ3n) is 4.71. The van der Waals surface area contributed by atoms with Gasteiger partial charge in [0.25, 0.3) is 0 Å². The van der Waals surface area contributed by atoms with Crippen molar-refractivity contribution in [1.29, 1.82) is 0 Å². The van der Waals surface area contributed by atoms with Crippen molar-refractivity contribution in [1.82, 2.24) is 4.98 Å². The number of benzene rings is 1. The van der Waals surface area contributed by atoms with Gasteiger partial charge in [-0.25, -0.2) is 13.4 Å². The number of aromatic nitrogens is 1. The molecule has 146 valence electrons. The van der Waals surface area contributed by atoms with Crippen LogP contribution in [0.5, 0.6) is 0 Å². The predicted molar refractivity (Wildman–Crippen MR) is 106 cm³/mol. The number of ether oxygens (including phenoxy) is 1. The van der Waals surface area contributed by atoms with E-state index in [2.05, 4.69) is 10.3 Å². The molecule has 1 aliphatic heterocycles. The Morgan fingerprint density at radius 3 is 2.52 bits per heavy atom. The predicted octanol–water partition coefficient (Wildman–Crippen LogP) is 3.88. The Labute approximate surface area is 167 Å². The minimum absolute atomic E-state index is 0.0501. The van der Waals surface area contributed by atoms with Crippen LogP contribution in [0.1, 0.15) is 37.5 Å². The summed E-state index contributed by atoms with van der Waals surface area (Å²) >= 11 is 7.20. The SMILES string of the molecule is CC(C)(C(=O)Nc1ncc(C2CCOCC2)s1)S(=O)(=O)c1ccc(Cl)cc1. The average Bonchev–Trinajstić information content (AvgIpc) is 3.11. The summed E-state index contributed by atoms with van der Waals surface area (Å²) < 4.78 is 29.5. The fourth-order valence-corrected chi connectivity index (χ4v) is 5.28. The normalized spacial score (nSPS) is 16.3. The number of sulfone groups is 1. The Balaban J connectivity index is 1.76. The van der Waals surface area contributed by atoms with Gasteiger partial charge < -0.3 is 10.1 Å². The first kappa shape index (κ1) is 20.3. The fraction of sp³-hybridized carbons (Fsp3) is 0.444. The van der Waals surface area contributed by atoms with Gasteiger partial charge in [0.05, 0.1) is 4.90 Å². The van der Waals surface area contributed by atoms with Crippen LogP contribution in [0.15, 0.2) is 35.4 Å². The van der Waals surface area contributed by atoms with E-state index in [1.807, 2.05) is 0 Å². The van der Waals surface area contributed by atoms with Crippen LogP contribution in [0, 0.1) is 0 Å². The minimum Gasteiger partial charge on any atom is -0.381 e. The highest BCUT2D eigenvalue weighted by Gasteiger charge is 2.43. The van der Waals surface area contributed by atoms with E-state index in [0.717, 1.165) is 30.9 Å². The number of nitrogens with zero attached hydrogens (tertiary/aromatic N) is 1. The molecule has 6 nitrogen and oxygen atoms in total. The number of halogens is 1. The quantitative estimate of drug-likeness (QED) is 0.780. The molecule has 1 aromatic heterocycles. The fourth-order valence-electron chi connectivity index (χ4n) is 2.79. The molecule has 0 unspecified atom stereocenters. The van der Waals surface area contributed by atoms with Crippen LogP contribution >= 0.6 is 22.9 Å². The Hall–Kier alpha value is -1.48. The molecule has 0 saturated carbocycles. The lowest BCUT2D eigenvalue weighted by molar-refractivity contribution is -0.117. The van der Waals surface area contributed by atoms with Crippen LogP contribution < -0.4 is 5.32 Å². The molecular formula is C18H21ClN2O4S2. The molecule has 2 heterocycles. The number of nitrogens with one attached hydrogen (secondary N) is 1. The van der Waals surface area contributed by atoms with Gasteiger partial charge in [-0.3, -0.25) is 4.79 Å². The van der Waals surface area contributed by atoms with Crippen LogP contribution in [-0.4, -0.2) is 37.3 Å². The minimum atomic E-state index is -3.90. The molecule has 27 heavy (non-hydrogen) atoms. The highest BCUT2D eigenvalue weighted by Crippen LogP contribution is 2.34. The molecule has 1 amide bonds. The molecule has 2 aromatic rings. The lowest BCUT2D eigenvalue weighted by Crippen LogP contribution is -2.44. The van der Waals surface area contributed by atoms with Gasteiger partial charge in [-0.1, -0.05) is 11.6 Å². The first-order valence-corrected chi connectivity index (χ1v) is 11.2. The van der Waals surface area contributed by atoms with Crippen molar-refractivity contribution in [2.75, 3.05) is 18.5 Å². The molecule has 0 bridgehead atoms. The maximum atomic E-state index is 12.9. The maximum Gasteiger partial charge on any atom is 0.247 e. The second-order valence-corrected chi connectivity index (χ2v) is 10.9. The smallest absolute Gasteiger partial charge is 0.247 e. The molecule has 1 saturated heterocycles. The van der Waals surface area contributed by atoms with Crippen molar-refractivity contribution in [3.05, 3.63) is 40.4 Å². The standard InChI is InChI=1S/C18H21ClN2O4S2/c1-18(2,27(23,24)14-5-3-13(19)4-6-14)16(22)21-17-20-11-15(26-17)12-7-9-25-10-8-12/h3-6,11-12H,7-10H2,1-2H3,(H,20,21,22). The lowest BCUT2D eigenvalue weighted by Gasteiger charge is -2.23. The number of anilines is 1. The van der Waals surface area contributed by atoms with Gasteiger partial charge in [0.1, 0.15) is 4.75 Å². The molecule has 9 heteroatoms. The van der Waals surface area contributed by atoms with Gasteiger partial charge in [-0.05, 0) is 56.9 Å². The van der Waals surface area contributed by atoms with Crippen molar-refractivity contribution >= 4 is 43.8 Å². The van der Waals surface area contributed by atoms with Gasteiger partial charge in [0.2, 0.25) is 5.91 Å². The molecule has 0 aliphatic carbocycles. The first-order chi connectivity index (χ1) is 12.7. The van der Waals surface area contributed by atoms with Crippen molar-refractivity contribution in [3.8, 4) is 0 Å². The third-order valence-corrected chi connectivity index (χ3v) is 8.46. The molecule has 3 rings (SSSR count). The van der Waals surface area contributed by atoms with E-state index in [1.54, 1.807) is 6.20 Å². The largest absolute Gasteiger partial charge is 0.381 e. The monoisotopic (exact) mass is 428 g/mol. The lowest BCUT2D eigenvalue weighted by atomic mass is 9.99. The Morgan fingerprint density at radius 2 is 1.89 bits per heavy atom. The van der Waals surface area contributed by atoms with Gasteiger partial charge >= 0.3 is 0 Å². The number of carbonyl (C=O) groups is 1. The zero-order valence-corrected chi connectivity index (χ0v) is 17.5. The average molecular weight is 429 g/mol. The molecule has 1 aliphatic rings. The van der Waals surface area contributed by atoms with E-state index < -0.39 is 20.5 Å². The van der Waals surface area contributed by atoms with E-state index in [1.165, 1.54) is 49.4 Å². The van der Waals surface area contributed by atoms with Crippen LogP contribution in [0.2, 0.25) is 5.02 Å². The Morgan fingerprint density at radius 1 is 1.26 bits per heavy atom. The second-order valence-electron chi connectivity index (χ2n) is 6.88. The second kappa shape index (κ2) is 7.87. The first-order valence-electron chi connectivity index (χ1n) is 8.57. The van der Waals surface area contributed by atoms with Gasteiger partial charge in [0.15, 0.2) is 15.0 Å². The third kappa shape index (κ3) is 4.18. The van der Waals surface area contributed by atoms with Crippen molar-refractivity contribution < 1.29 is 17.9 Å². The maximum absolute atomic E-state index is 12.9. The summed E-state index contributed by atoms with van der Waals surface area (Å²) in [4.78, 5) is 18.1. The number of thiazole rings is 1. The van der Waals surface area contributed by atoms with Gasteiger partial charge in [0, 0.05) is 29.3 Å². The summed E-state index contributed by atoms with van der Waals surface area (Å²) in [5.74, 6) is -0.252. The molecule has 1 aromatic carbocycles. The highest BCUT2D eigenvalue weighted by molar-refractivity contribution is 7.93. The number of rotatable bonds is 5. The summed E-state index contributed by atoms with van der Waals surface area (Å²) in [7, 11) is -3.90. The van der Waals surface area contributed by atoms with Crippen molar-refractivity contribution in [2.24, 2.45) is 0 Å². The number of amides is 1. The van der Waals surface area contributed by atoms with E-state index in [0.29, 0.717) is 16.1 Å². The van der Waals surface area contributed by atoms with Crippen molar-refractivity contribution in [3.63, 3.8) is 0 Å². The molecule has 0 spiro atoms. The van der Waals surface area contributed by atoms with E-state index in [-0.39, 0.29) is 4.90 Å². The van der Waals surface area contributed by atoms with Gasteiger partial charge in [-0.2, -0.15) is 0 Å². The zero-order valence-electron chi connectivity index (χ0n) is 15.1. The summed E-state index contributed by atoms with van der Waals surface area (Å²) in [5, 5.41) is 3.49. The van der Waals surface area contributed by atoms with Crippen LogP contribution in [0.4, 0.5) is 5.13 Å². The highest BCUT2D eigenvalue weighted by atomic mass is 35.5.